The van der Waals surface area contributed by atoms with E-state index in [2.05, 4.69) is 20.9 Å². The van der Waals surface area contributed by atoms with Crippen molar-refractivity contribution in [3.05, 3.63) is 58.0 Å². The predicted molar refractivity (Wildman–Crippen MR) is 83.6 cm³/mol. The molecule has 4 heterocycles. The molecule has 0 radical (unpaired) electrons. The Kier molecular flexibility index (Phi) is 3.30. The molecule has 0 N–H and O–H groups in total. The van der Waals surface area contributed by atoms with Crippen LogP contribution in [-0.4, -0.2) is 32.5 Å². The van der Waals surface area contributed by atoms with E-state index in [1.807, 2.05) is 29.8 Å². The summed E-state index contributed by atoms with van der Waals surface area (Å²) in [6.07, 6.45) is 3.03. The second kappa shape index (κ2) is 5.32. The Morgan fingerprint density at radius 2 is 2.14 bits per heavy atom. The van der Waals surface area contributed by atoms with Gasteiger partial charge in [-0.25, -0.2) is 9.97 Å². The van der Waals surface area contributed by atoms with Crippen molar-refractivity contribution in [2.75, 3.05) is 13.1 Å². The van der Waals surface area contributed by atoms with Crippen LogP contribution in [0.1, 0.15) is 29.6 Å². The smallest absolute Gasteiger partial charge is 0.250 e. The summed E-state index contributed by atoms with van der Waals surface area (Å²) in [5, 5.41) is 0. The first-order valence-electron chi connectivity index (χ1n) is 7.89. The molecule has 2 aliphatic rings. The molecule has 5 heteroatoms. The monoisotopic (exact) mass is 296 g/mol. The van der Waals surface area contributed by atoms with Gasteiger partial charge in [0.15, 0.2) is 0 Å². The number of likely N-dealkylation sites (tertiary alicyclic amines) is 1. The van der Waals surface area contributed by atoms with Crippen molar-refractivity contribution in [2.45, 2.75) is 32.4 Å². The van der Waals surface area contributed by atoms with Crippen molar-refractivity contribution in [2.24, 2.45) is 5.92 Å². The lowest BCUT2D eigenvalue weighted by Gasteiger charge is -2.42. The molecule has 0 unspecified atom stereocenters. The molecule has 2 atom stereocenters. The zero-order chi connectivity index (χ0) is 15.1. The lowest BCUT2D eigenvalue weighted by Crippen LogP contribution is -2.46. The molecular weight excluding hydrogens is 276 g/mol. The Bertz CT molecular complexity index is 754. The summed E-state index contributed by atoms with van der Waals surface area (Å²) in [5.41, 5.74) is 2.43. The topological polar surface area (TPSA) is 51.0 Å². The largest absolute Gasteiger partial charge is 0.312 e. The number of hydrogen-bond donors (Lipinski definition) is 0. The van der Waals surface area contributed by atoms with Crippen molar-refractivity contribution in [3.63, 3.8) is 0 Å². The standard InChI is InChI=1S/C17H20N4O/c1-12-18-6-5-15(19-12)11-20-8-13-7-14(10-20)16-3-2-4-17(22)21(16)9-13/h2-6,13-14H,7-11H2,1H3/t13-,14+/m1/s1. The Balaban J connectivity index is 1.57. The number of hydrogen-bond acceptors (Lipinski definition) is 4. The average Bonchev–Trinajstić information content (AvgIpc) is 2.48. The second-order valence-electron chi connectivity index (χ2n) is 6.49. The summed E-state index contributed by atoms with van der Waals surface area (Å²) >= 11 is 0. The minimum absolute atomic E-state index is 0.145. The molecule has 2 aliphatic heterocycles. The van der Waals surface area contributed by atoms with Gasteiger partial charge in [-0.05, 0) is 31.4 Å². The van der Waals surface area contributed by atoms with Crippen molar-refractivity contribution >= 4 is 0 Å². The van der Waals surface area contributed by atoms with E-state index in [1.54, 1.807) is 6.07 Å². The fourth-order valence-electron chi connectivity index (χ4n) is 3.95. The molecule has 5 nitrogen and oxygen atoms in total. The maximum atomic E-state index is 12.0. The SMILES string of the molecule is Cc1nccc(CN2C[C@H]3C[C@@H](C2)c2cccc(=O)n2C3)n1. The van der Waals surface area contributed by atoms with Crippen molar-refractivity contribution in [1.82, 2.24) is 19.4 Å². The van der Waals surface area contributed by atoms with Crippen LogP contribution >= 0.6 is 0 Å². The molecule has 22 heavy (non-hydrogen) atoms. The van der Waals surface area contributed by atoms with E-state index in [0.29, 0.717) is 11.8 Å². The Morgan fingerprint density at radius 1 is 1.23 bits per heavy atom. The molecular formula is C17H20N4O. The van der Waals surface area contributed by atoms with Gasteiger partial charge < -0.3 is 4.57 Å². The van der Waals surface area contributed by atoms with Crippen LogP contribution in [0.3, 0.4) is 0 Å². The number of pyridine rings is 1. The van der Waals surface area contributed by atoms with E-state index in [9.17, 15) is 4.79 Å². The third-order valence-electron chi connectivity index (χ3n) is 4.77. The highest BCUT2D eigenvalue weighted by atomic mass is 16.1. The van der Waals surface area contributed by atoms with Gasteiger partial charge in [0.1, 0.15) is 5.82 Å². The molecule has 2 aromatic heterocycles. The number of nitrogens with zero attached hydrogens (tertiary/aromatic N) is 4. The fraction of sp³-hybridized carbons (Fsp3) is 0.471. The van der Waals surface area contributed by atoms with Crippen LogP contribution in [0.4, 0.5) is 0 Å². The van der Waals surface area contributed by atoms with Gasteiger partial charge >= 0.3 is 0 Å². The van der Waals surface area contributed by atoms with Crippen LogP contribution in [0.15, 0.2) is 35.3 Å². The Morgan fingerprint density at radius 3 is 3.00 bits per heavy atom. The number of rotatable bonds is 2. The van der Waals surface area contributed by atoms with Gasteiger partial charge in [-0.15, -0.1) is 0 Å². The Hall–Kier alpha value is -2.01. The first kappa shape index (κ1) is 13.6. The van der Waals surface area contributed by atoms with Crippen LogP contribution < -0.4 is 5.56 Å². The average molecular weight is 296 g/mol. The highest BCUT2D eigenvalue weighted by molar-refractivity contribution is 5.17. The van der Waals surface area contributed by atoms with Crippen LogP contribution in [0, 0.1) is 12.8 Å². The van der Waals surface area contributed by atoms with E-state index in [4.69, 9.17) is 0 Å². The molecule has 2 bridgehead atoms. The van der Waals surface area contributed by atoms with Crippen molar-refractivity contribution in [1.29, 1.82) is 0 Å². The van der Waals surface area contributed by atoms with Gasteiger partial charge in [0, 0.05) is 50.1 Å². The minimum Gasteiger partial charge on any atom is -0.312 e. The second-order valence-corrected chi connectivity index (χ2v) is 6.49. The van der Waals surface area contributed by atoms with Gasteiger partial charge in [0.25, 0.3) is 5.56 Å². The maximum Gasteiger partial charge on any atom is 0.250 e. The summed E-state index contributed by atoms with van der Waals surface area (Å²) in [5.74, 6) is 1.85. The molecule has 0 aliphatic carbocycles. The number of aryl methyl sites for hydroxylation is 1. The summed E-state index contributed by atoms with van der Waals surface area (Å²) in [6.45, 7) is 5.69. The van der Waals surface area contributed by atoms with Crippen LogP contribution in [-0.2, 0) is 13.1 Å². The summed E-state index contributed by atoms with van der Waals surface area (Å²) in [4.78, 5) is 23.2. The van der Waals surface area contributed by atoms with Crippen LogP contribution in [0.25, 0.3) is 0 Å². The minimum atomic E-state index is 0.145. The van der Waals surface area contributed by atoms with Gasteiger partial charge in [0.05, 0.1) is 5.69 Å². The molecule has 0 saturated carbocycles. The first-order chi connectivity index (χ1) is 10.7. The predicted octanol–water partition coefficient (Wildman–Crippen LogP) is 1.57. The molecule has 4 rings (SSSR count). The summed E-state index contributed by atoms with van der Waals surface area (Å²) in [6, 6.07) is 7.67. The Labute approximate surface area is 129 Å². The van der Waals surface area contributed by atoms with Gasteiger partial charge in [0.2, 0.25) is 0 Å². The van der Waals surface area contributed by atoms with Gasteiger partial charge in [-0.3, -0.25) is 9.69 Å². The lowest BCUT2D eigenvalue weighted by molar-refractivity contribution is 0.113. The van der Waals surface area contributed by atoms with Crippen LogP contribution in [0.2, 0.25) is 0 Å². The van der Waals surface area contributed by atoms with Gasteiger partial charge in [-0.2, -0.15) is 0 Å². The quantitative estimate of drug-likeness (QED) is 0.844. The van der Waals surface area contributed by atoms with E-state index < -0.39 is 0 Å². The van der Waals surface area contributed by atoms with E-state index in [1.165, 1.54) is 12.1 Å². The lowest BCUT2D eigenvalue weighted by atomic mass is 9.83. The van der Waals surface area contributed by atoms with Crippen LogP contribution in [0.5, 0.6) is 0 Å². The zero-order valence-electron chi connectivity index (χ0n) is 12.8. The molecule has 2 aromatic rings. The third-order valence-corrected chi connectivity index (χ3v) is 4.77. The molecule has 0 aromatic carbocycles. The maximum absolute atomic E-state index is 12.0. The molecule has 0 amide bonds. The molecule has 0 spiro atoms. The highest BCUT2D eigenvalue weighted by Crippen LogP contribution is 2.35. The van der Waals surface area contributed by atoms with Gasteiger partial charge in [-0.1, -0.05) is 6.07 Å². The molecule has 1 fully saturated rings. The zero-order valence-corrected chi connectivity index (χ0v) is 12.8. The summed E-state index contributed by atoms with van der Waals surface area (Å²) < 4.78 is 1.98. The summed E-state index contributed by atoms with van der Waals surface area (Å²) in [7, 11) is 0. The number of aromatic nitrogens is 3. The molecule has 114 valence electrons. The third kappa shape index (κ3) is 2.46. The number of piperidine rings is 1. The first-order valence-corrected chi connectivity index (χ1v) is 7.89. The van der Waals surface area contributed by atoms with E-state index in [-0.39, 0.29) is 5.56 Å². The normalized spacial score (nSPS) is 24.0. The fourth-order valence-corrected chi connectivity index (χ4v) is 3.95. The molecule has 1 saturated heterocycles. The van der Waals surface area contributed by atoms with Crippen molar-refractivity contribution < 1.29 is 0 Å². The van der Waals surface area contributed by atoms with E-state index in [0.717, 1.165) is 37.7 Å². The van der Waals surface area contributed by atoms with Crippen molar-refractivity contribution in [3.8, 4) is 0 Å². The number of fused-ring (bicyclic) bond motifs is 4. The highest BCUT2D eigenvalue weighted by Gasteiger charge is 2.34. The van der Waals surface area contributed by atoms with E-state index >= 15 is 0 Å².